The number of nitrogen functional groups attached to an aromatic ring is 1. The van der Waals surface area contributed by atoms with E-state index < -0.39 is 0 Å². The SMILES string of the molecule is Cc1cccc(NCCCN(C)C(C)C)c1N. The van der Waals surface area contributed by atoms with Gasteiger partial charge in [0.15, 0.2) is 0 Å². The van der Waals surface area contributed by atoms with Crippen molar-refractivity contribution in [1.29, 1.82) is 0 Å². The first kappa shape index (κ1) is 13.8. The minimum atomic E-state index is 0.610. The molecule has 0 fully saturated rings. The van der Waals surface area contributed by atoms with Crippen LogP contribution in [0.1, 0.15) is 25.8 Å². The fourth-order valence-corrected chi connectivity index (χ4v) is 1.64. The molecule has 17 heavy (non-hydrogen) atoms. The third-order valence-corrected chi connectivity index (χ3v) is 3.21. The fraction of sp³-hybridized carbons (Fsp3) is 0.571. The van der Waals surface area contributed by atoms with Gasteiger partial charge in [0.25, 0.3) is 0 Å². The Kier molecular flexibility index (Phi) is 5.29. The van der Waals surface area contributed by atoms with Crippen LogP contribution in [0.3, 0.4) is 0 Å². The lowest BCUT2D eigenvalue weighted by atomic mass is 10.1. The van der Waals surface area contributed by atoms with Gasteiger partial charge in [-0.2, -0.15) is 0 Å². The molecule has 3 nitrogen and oxygen atoms in total. The van der Waals surface area contributed by atoms with Gasteiger partial charge in [0.1, 0.15) is 0 Å². The van der Waals surface area contributed by atoms with Crippen LogP contribution in [-0.2, 0) is 0 Å². The van der Waals surface area contributed by atoms with Gasteiger partial charge in [-0.05, 0) is 52.4 Å². The minimum absolute atomic E-state index is 0.610. The number of hydrogen-bond donors (Lipinski definition) is 2. The summed E-state index contributed by atoms with van der Waals surface area (Å²) < 4.78 is 0. The van der Waals surface area contributed by atoms with Gasteiger partial charge >= 0.3 is 0 Å². The lowest BCUT2D eigenvalue weighted by molar-refractivity contribution is 0.273. The van der Waals surface area contributed by atoms with Crippen LogP contribution in [0.4, 0.5) is 11.4 Å². The largest absolute Gasteiger partial charge is 0.397 e. The van der Waals surface area contributed by atoms with E-state index in [1.807, 2.05) is 25.1 Å². The summed E-state index contributed by atoms with van der Waals surface area (Å²) in [6.45, 7) is 8.53. The van der Waals surface area contributed by atoms with Crippen molar-refractivity contribution < 1.29 is 0 Å². The Labute approximate surface area is 105 Å². The van der Waals surface area contributed by atoms with Crippen LogP contribution in [0, 0.1) is 6.92 Å². The van der Waals surface area contributed by atoms with E-state index in [2.05, 4.69) is 31.1 Å². The van der Waals surface area contributed by atoms with E-state index in [-0.39, 0.29) is 0 Å². The lowest BCUT2D eigenvalue weighted by Crippen LogP contribution is -2.28. The summed E-state index contributed by atoms with van der Waals surface area (Å²) in [7, 11) is 2.16. The van der Waals surface area contributed by atoms with E-state index in [1.165, 1.54) is 0 Å². The quantitative estimate of drug-likeness (QED) is 0.588. The van der Waals surface area contributed by atoms with Gasteiger partial charge in [-0.3, -0.25) is 0 Å². The highest BCUT2D eigenvalue weighted by atomic mass is 15.1. The number of rotatable bonds is 6. The highest BCUT2D eigenvalue weighted by Crippen LogP contribution is 2.21. The zero-order chi connectivity index (χ0) is 12.8. The number of aryl methyl sites for hydroxylation is 1. The van der Waals surface area contributed by atoms with Crippen molar-refractivity contribution in [3.8, 4) is 0 Å². The monoisotopic (exact) mass is 235 g/mol. The summed E-state index contributed by atoms with van der Waals surface area (Å²) in [6, 6.07) is 6.72. The van der Waals surface area contributed by atoms with Gasteiger partial charge in [-0.25, -0.2) is 0 Å². The summed E-state index contributed by atoms with van der Waals surface area (Å²) in [5.74, 6) is 0. The van der Waals surface area contributed by atoms with Crippen molar-refractivity contribution in [3.63, 3.8) is 0 Å². The molecule has 1 aromatic carbocycles. The van der Waals surface area contributed by atoms with Gasteiger partial charge in [-0.15, -0.1) is 0 Å². The molecule has 0 aliphatic heterocycles. The van der Waals surface area contributed by atoms with E-state index in [4.69, 9.17) is 5.73 Å². The highest BCUT2D eigenvalue weighted by Gasteiger charge is 2.03. The van der Waals surface area contributed by atoms with Crippen LogP contribution in [0.5, 0.6) is 0 Å². The zero-order valence-electron chi connectivity index (χ0n) is 11.5. The molecule has 0 heterocycles. The molecule has 0 atom stereocenters. The van der Waals surface area contributed by atoms with Crippen LogP contribution >= 0.6 is 0 Å². The molecule has 0 aliphatic carbocycles. The molecule has 0 saturated heterocycles. The summed E-state index contributed by atoms with van der Waals surface area (Å²) >= 11 is 0. The number of nitrogens with two attached hydrogens (primary N) is 1. The van der Waals surface area contributed by atoms with Crippen molar-refractivity contribution in [3.05, 3.63) is 23.8 Å². The molecule has 0 unspecified atom stereocenters. The molecule has 0 bridgehead atoms. The molecular weight excluding hydrogens is 210 g/mol. The molecule has 1 aromatic rings. The maximum atomic E-state index is 6.00. The Bertz CT molecular complexity index is 347. The third kappa shape index (κ3) is 4.27. The van der Waals surface area contributed by atoms with Gasteiger partial charge in [0.2, 0.25) is 0 Å². The lowest BCUT2D eigenvalue weighted by Gasteiger charge is -2.21. The van der Waals surface area contributed by atoms with Crippen molar-refractivity contribution in [2.45, 2.75) is 33.2 Å². The molecular formula is C14H25N3. The van der Waals surface area contributed by atoms with Gasteiger partial charge in [0.05, 0.1) is 11.4 Å². The first-order valence-electron chi connectivity index (χ1n) is 6.31. The minimum Gasteiger partial charge on any atom is -0.397 e. The molecule has 3 N–H and O–H groups in total. The maximum absolute atomic E-state index is 6.00. The van der Waals surface area contributed by atoms with Gasteiger partial charge < -0.3 is 16.0 Å². The Morgan fingerprint density at radius 1 is 1.35 bits per heavy atom. The Morgan fingerprint density at radius 3 is 2.71 bits per heavy atom. The van der Waals surface area contributed by atoms with Crippen LogP contribution in [0.25, 0.3) is 0 Å². The van der Waals surface area contributed by atoms with Crippen LogP contribution < -0.4 is 11.1 Å². The first-order valence-corrected chi connectivity index (χ1v) is 6.31. The molecule has 0 radical (unpaired) electrons. The number of anilines is 2. The predicted molar refractivity (Wildman–Crippen MR) is 76.5 cm³/mol. The van der Waals surface area contributed by atoms with E-state index in [1.54, 1.807) is 0 Å². The number of nitrogens with zero attached hydrogens (tertiary/aromatic N) is 1. The molecule has 0 spiro atoms. The van der Waals surface area contributed by atoms with Crippen LogP contribution in [-0.4, -0.2) is 31.1 Å². The molecule has 3 heteroatoms. The summed E-state index contributed by atoms with van der Waals surface area (Å²) in [6.07, 6.45) is 1.13. The van der Waals surface area contributed by atoms with Gasteiger partial charge in [-0.1, -0.05) is 12.1 Å². The standard InChI is InChI=1S/C14H25N3/c1-11(2)17(4)10-6-9-16-13-8-5-7-12(3)14(13)15/h5,7-8,11,16H,6,9-10,15H2,1-4H3. The number of benzene rings is 1. The van der Waals surface area contributed by atoms with E-state index in [0.717, 1.165) is 36.4 Å². The van der Waals surface area contributed by atoms with E-state index in [9.17, 15) is 0 Å². The van der Waals surface area contributed by atoms with E-state index >= 15 is 0 Å². The molecule has 1 rings (SSSR count). The van der Waals surface area contributed by atoms with Crippen LogP contribution in [0.2, 0.25) is 0 Å². The molecule has 96 valence electrons. The molecule has 0 amide bonds. The fourth-order valence-electron chi connectivity index (χ4n) is 1.64. The number of nitrogens with one attached hydrogen (secondary N) is 1. The normalized spacial score (nSPS) is 11.2. The van der Waals surface area contributed by atoms with Crippen molar-refractivity contribution in [2.75, 3.05) is 31.2 Å². The van der Waals surface area contributed by atoms with Crippen molar-refractivity contribution in [1.82, 2.24) is 4.90 Å². The topological polar surface area (TPSA) is 41.3 Å². The Morgan fingerprint density at radius 2 is 2.06 bits per heavy atom. The number of para-hydroxylation sites is 1. The summed E-state index contributed by atoms with van der Waals surface area (Å²) in [5.41, 5.74) is 9.05. The second kappa shape index (κ2) is 6.50. The first-order chi connectivity index (χ1) is 8.02. The van der Waals surface area contributed by atoms with Crippen molar-refractivity contribution >= 4 is 11.4 Å². The summed E-state index contributed by atoms with van der Waals surface area (Å²) in [5, 5.41) is 3.40. The zero-order valence-corrected chi connectivity index (χ0v) is 11.5. The molecule has 0 aliphatic rings. The average molecular weight is 235 g/mol. The van der Waals surface area contributed by atoms with Gasteiger partial charge in [0, 0.05) is 12.6 Å². The average Bonchev–Trinajstić information content (AvgIpc) is 2.29. The van der Waals surface area contributed by atoms with Crippen LogP contribution in [0.15, 0.2) is 18.2 Å². The smallest absolute Gasteiger partial charge is 0.0579 e. The number of hydrogen-bond acceptors (Lipinski definition) is 3. The Hall–Kier alpha value is -1.22. The van der Waals surface area contributed by atoms with E-state index in [0.29, 0.717) is 6.04 Å². The molecule has 0 aromatic heterocycles. The second-order valence-corrected chi connectivity index (χ2v) is 4.89. The second-order valence-electron chi connectivity index (χ2n) is 4.89. The molecule has 0 saturated carbocycles. The van der Waals surface area contributed by atoms with Crippen molar-refractivity contribution in [2.24, 2.45) is 0 Å². The maximum Gasteiger partial charge on any atom is 0.0579 e. The highest BCUT2D eigenvalue weighted by molar-refractivity contribution is 5.69. The predicted octanol–water partition coefficient (Wildman–Crippen LogP) is 2.72. The Balaban J connectivity index is 2.34. The summed E-state index contributed by atoms with van der Waals surface area (Å²) in [4.78, 5) is 2.35. The third-order valence-electron chi connectivity index (χ3n) is 3.21.